The largest absolute Gasteiger partial charge is 0.337 e. The van der Waals surface area contributed by atoms with Gasteiger partial charge in [-0.1, -0.05) is 0 Å². The molecule has 0 bridgehead atoms. The Kier molecular flexibility index (Phi) is 3.09. The molecule has 3 aliphatic rings. The molecule has 0 aromatic heterocycles. The third-order valence-corrected chi connectivity index (χ3v) is 4.29. The second-order valence-corrected chi connectivity index (χ2v) is 5.87. The van der Waals surface area contributed by atoms with E-state index in [0.29, 0.717) is 18.0 Å². The smallest absolute Gasteiger partial charge is 0.240 e. The fraction of sp³-hybridized carbons (Fsp3) is 0.923. The van der Waals surface area contributed by atoms with Gasteiger partial charge in [0.25, 0.3) is 0 Å². The fourth-order valence-electron chi connectivity index (χ4n) is 3.12. The molecule has 0 aromatic carbocycles. The molecule has 96 valence electrons. The molecule has 17 heavy (non-hydrogen) atoms. The molecule has 4 heteroatoms. The van der Waals surface area contributed by atoms with E-state index >= 15 is 0 Å². The van der Waals surface area contributed by atoms with Crippen molar-refractivity contribution in [2.45, 2.75) is 50.2 Å². The van der Waals surface area contributed by atoms with Gasteiger partial charge in [0.15, 0.2) is 0 Å². The number of likely N-dealkylation sites (N-methyl/N-ethyl adjacent to an activating group) is 1. The Bertz CT molecular complexity index is 303. The van der Waals surface area contributed by atoms with Crippen molar-refractivity contribution in [3.63, 3.8) is 0 Å². The van der Waals surface area contributed by atoms with E-state index in [1.807, 2.05) is 0 Å². The molecular formula is C13H23N3O. The Morgan fingerprint density at radius 2 is 2.00 bits per heavy atom. The molecule has 0 radical (unpaired) electrons. The van der Waals surface area contributed by atoms with Crippen LogP contribution < -0.4 is 5.32 Å². The highest BCUT2D eigenvalue weighted by molar-refractivity contribution is 5.83. The van der Waals surface area contributed by atoms with Crippen LogP contribution in [0.25, 0.3) is 0 Å². The van der Waals surface area contributed by atoms with Gasteiger partial charge in [0.2, 0.25) is 5.91 Å². The van der Waals surface area contributed by atoms with Crippen molar-refractivity contribution in [1.82, 2.24) is 15.1 Å². The highest BCUT2D eigenvalue weighted by atomic mass is 16.2. The number of nitrogens with zero attached hydrogens (tertiary/aromatic N) is 2. The van der Waals surface area contributed by atoms with Crippen molar-refractivity contribution < 1.29 is 4.79 Å². The number of amides is 1. The van der Waals surface area contributed by atoms with E-state index in [1.165, 1.54) is 12.8 Å². The highest BCUT2D eigenvalue weighted by Crippen LogP contribution is 2.24. The molecule has 1 aliphatic carbocycles. The summed E-state index contributed by atoms with van der Waals surface area (Å²) in [6.07, 6.45) is 5.87. The van der Waals surface area contributed by atoms with Crippen LogP contribution in [0.5, 0.6) is 0 Å². The number of rotatable bonds is 3. The lowest BCUT2D eigenvalue weighted by atomic mass is 10.0. The molecule has 2 aliphatic heterocycles. The first kappa shape index (κ1) is 11.5. The van der Waals surface area contributed by atoms with Crippen LogP contribution in [-0.2, 0) is 4.79 Å². The summed E-state index contributed by atoms with van der Waals surface area (Å²) in [5.41, 5.74) is 0. The third-order valence-electron chi connectivity index (χ3n) is 4.29. The monoisotopic (exact) mass is 237 g/mol. The van der Waals surface area contributed by atoms with Gasteiger partial charge in [-0.2, -0.15) is 0 Å². The van der Waals surface area contributed by atoms with Crippen molar-refractivity contribution in [3.8, 4) is 0 Å². The lowest BCUT2D eigenvalue weighted by Crippen LogP contribution is -2.55. The molecule has 4 nitrogen and oxygen atoms in total. The minimum absolute atomic E-state index is 0.113. The molecule has 2 saturated heterocycles. The van der Waals surface area contributed by atoms with E-state index in [0.717, 1.165) is 38.9 Å². The number of piperidine rings is 1. The van der Waals surface area contributed by atoms with Crippen LogP contribution in [0.1, 0.15) is 32.1 Å². The van der Waals surface area contributed by atoms with Crippen LogP contribution in [-0.4, -0.2) is 60.5 Å². The maximum absolute atomic E-state index is 12.4. The van der Waals surface area contributed by atoms with Crippen molar-refractivity contribution in [2.24, 2.45) is 0 Å². The van der Waals surface area contributed by atoms with Gasteiger partial charge in [0.1, 0.15) is 0 Å². The Morgan fingerprint density at radius 3 is 2.65 bits per heavy atom. The minimum Gasteiger partial charge on any atom is -0.337 e. The number of carbonyl (C=O) groups is 1. The lowest BCUT2D eigenvalue weighted by molar-refractivity contribution is -0.138. The first-order chi connectivity index (χ1) is 8.24. The van der Waals surface area contributed by atoms with Gasteiger partial charge in [-0.15, -0.1) is 0 Å². The zero-order valence-corrected chi connectivity index (χ0v) is 10.7. The average Bonchev–Trinajstić information content (AvgIpc) is 3.02. The number of likely N-dealkylation sites (tertiary alicyclic amines) is 2. The second kappa shape index (κ2) is 4.58. The molecule has 1 N–H and O–H groups in total. The van der Waals surface area contributed by atoms with E-state index in [9.17, 15) is 4.79 Å². The van der Waals surface area contributed by atoms with Gasteiger partial charge in [-0.3, -0.25) is 4.79 Å². The molecule has 3 fully saturated rings. The number of hydrogen-bond acceptors (Lipinski definition) is 3. The van der Waals surface area contributed by atoms with Crippen LogP contribution in [0.2, 0.25) is 0 Å². The number of carbonyl (C=O) groups excluding carboxylic acids is 1. The molecular weight excluding hydrogens is 214 g/mol. The van der Waals surface area contributed by atoms with Gasteiger partial charge < -0.3 is 15.1 Å². The summed E-state index contributed by atoms with van der Waals surface area (Å²) in [5, 5.41) is 3.50. The van der Waals surface area contributed by atoms with E-state index in [2.05, 4.69) is 22.2 Å². The van der Waals surface area contributed by atoms with Crippen molar-refractivity contribution >= 4 is 5.91 Å². The number of hydrogen-bond donors (Lipinski definition) is 1. The van der Waals surface area contributed by atoms with E-state index in [4.69, 9.17) is 0 Å². The first-order valence-electron chi connectivity index (χ1n) is 6.99. The van der Waals surface area contributed by atoms with E-state index in [-0.39, 0.29) is 6.04 Å². The van der Waals surface area contributed by atoms with Crippen LogP contribution in [0.4, 0.5) is 0 Å². The molecule has 1 amide bonds. The van der Waals surface area contributed by atoms with Gasteiger partial charge in [-0.25, -0.2) is 0 Å². The fourth-order valence-corrected chi connectivity index (χ4v) is 3.12. The lowest BCUT2D eigenvalue weighted by Gasteiger charge is -2.36. The quantitative estimate of drug-likeness (QED) is 0.773. The molecule has 2 atom stereocenters. The Labute approximate surface area is 103 Å². The summed E-state index contributed by atoms with van der Waals surface area (Å²) in [4.78, 5) is 16.9. The first-order valence-corrected chi connectivity index (χ1v) is 6.99. The zero-order chi connectivity index (χ0) is 11.8. The second-order valence-electron chi connectivity index (χ2n) is 5.87. The Morgan fingerprint density at radius 1 is 1.18 bits per heavy atom. The van der Waals surface area contributed by atoms with Gasteiger partial charge in [0, 0.05) is 25.2 Å². The standard InChI is InChI=1S/C13H23N3O/c1-15-8-6-11(9-15)16-7-2-3-12(13(16)17)14-10-4-5-10/h10-12,14H,2-9H2,1H3. The summed E-state index contributed by atoms with van der Waals surface area (Å²) >= 11 is 0. The SMILES string of the molecule is CN1CCC(N2CCCC(NC3CC3)C2=O)C1. The predicted molar refractivity (Wildman–Crippen MR) is 66.8 cm³/mol. The molecule has 0 spiro atoms. The average molecular weight is 237 g/mol. The van der Waals surface area contributed by atoms with Crippen molar-refractivity contribution in [2.75, 3.05) is 26.7 Å². The van der Waals surface area contributed by atoms with Crippen molar-refractivity contribution in [3.05, 3.63) is 0 Å². The van der Waals surface area contributed by atoms with Gasteiger partial charge in [0.05, 0.1) is 6.04 Å². The molecule has 3 rings (SSSR count). The molecule has 2 unspecified atom stereocenters. The summed E-state index contributed by atoms with van der Waals surface area (Å²) in [6, 6.07) is 1.22. The Balaban J connectivity index is 1.61. The molecule has 1 saturated carbocycles. The van der Waals surface area contributed by atoms with E-state index in [1.54, 1.807) is 0 Å². The van der Waals surface area contributed by atoms with Gasteiger partial charge >= 0.3 is 0 Å². The number of nitrogens with one attached hydrogen (secondary N) is 1. The van der Waals surface area contributed by atoms with Crippen LogP contribution in [0.15, 0.2) is 0 Å². The summed E-state index contributed by atoms with van der Waals surface area (Å²) in [6.45, 7) is 3.16. The summed E-state index contributed by atoms with van der Waals surface area (Å²) in [5.74, 6) is 0.364. The zero-order valence-electron chi connectivity index (χ0n) is 10.7. The highest BCUT2D eigenvalue weighted by Gasteiger charge is 2.37. The van der Waals surface area contributed by atoms with Crippen LogP contribution in [0, 0.1) is 0 Å². The van der Waals surface area contributed by atoms with E-state index < -0.39 is 0 Å². The summed E-state index contributed by atoms with van der Waals surface area (Å²) in [7, 11) is 2.15. The molecule has 2 heterocycles. The van der Waals surface area contributed by atoms with Gasteiger partial charge in [-0.05, 0) is 45.7 Å². The predicted octanol–water partition coefficient (Wildman–Crippen LogP) is 0.433. The maximum Gasteiger partial charge on any atom is 0.240 e. The normalized spacial score (nSPS) is 35.6. The summed E-state index contributed by atoms with van der Waals surface area (Å²) < 4.78 is 0. The topological polar surface area (TPSA) is 35.6 Å². The van der Waals surface area contributed by atoms with Crippen LogP contribution in [0.3, 0.4) is 0 Å². The van der Waals surface area contributed by atoms with Crippen LogP contribution >= 0.6 is 0 Å². The molecule has 0 aromatic rings. The Hall–Kier alpha value is -0.610. The van der Waals surface area contributed by atoms with Crippen molar-refractivity contribution in [1.29, 1.82) is 0 Å². The third kappa shape index (κ3) is 2.47. The maximum atomic E-state index is 12.4. The minimum atomic E-state index is 0.113.